The van der Waals surface area contributed by atoms with Crippen molar-refractivity contribution in [1.29, 1.82) is 0 Å². The van der Waals surface area contributed by atoms with Gasteiger partial charge in [-0.3, -0.25) is 14.9 Å². The van der Waals surface area contributed by atoms with Gasteiger partial charge in [0.2, 0.25) is 0 Å². The fraction of sp³-hybridized carbons (Fsp3) is 0.533. The second-order valence-corrected chi connectivity index (χ2v) is 6.01. The minimum absolute atomic E-state index is 0.0660. The number of halogens is 1. The summed E-state index contributed by atoms with van der Waals surface area (Å²) >= 11 is 6.06. The first-order valence-electron chi connectivity index (χ1n) is 7.10. The van der Waals surface area contributed by atoms with Crippen LogP contribution in [-0.4, -0.2) is 22.2 Å². The predicted octanol–water partition coefficient (Wildman–Crippen LogP) is 3.57. The minimum Gasteiger partial charge on any atom is -0.345 e. The Kier molecular flexibility index (Phi) is 4.83. The molecule has 5 nitrogen and oxygen atoms in total. The molecule has 1 aromatic rings. The maximum Gasteiger partial charge on any atom is 0.270 e. The van der Waals surface area contributed by atoms with Crippen LogP contribution in [0.2, 0.25) is 0 Å². The van der Waals surface area contributed by atoms with Crippen molar-refractivity contribution in [1.82, 2.24) is 5.32 Å². The van der Waals surface area contributed by atoms with Crippen LogP contribution in [0.1, 0.15) is 48.0 Å². The summed E-state index contributed by atoms with van der Waals surface area (Å²) in [5.41, 5.74) is 0.563. The number of hydrogen-bond acceptors (Lipinski definition) is 3. The third-order valence-electron chi connectivity index (χ3n) is 3.98. The van der Waals surface area contributed by atoms with E-state index in [0.717, 1.165) is 32.1 Å². The molecular formula is C15H19ClN2O3. The van der Waals surface area contributed by atoms with Crippen LogP contribution in [0.3, 0.4) is 0 Å². The summed E-state index contributed by atoms with van der Waals surface area (Å²) in [6, 6.07) is 4.43. The second kappa shape index (κ2) is 6.43. The maximum atomic E-state index is 12.4. The van der Waals surface area contributed by atoms with E-state index in [9.17, 15) is 14.9 Å². The van der Waals surface area contributed by atoms with Crippen LogP contribution in [0, 0.1) is 17.0 Å². The molecule has 0 aliphatic heterocycles. The summed E-state index contributed by atoms with van der Waals surface area (Å²) in [7, 11) is 0. The monoisotopic (exact) mass is 310 g/mol. The molecule has 1 amide bonds. The zero-order valence-corrected chi connectivity index (χ0v) is 12.8. The Morgan fingerprint density at radius 2 is 2.00 bits per heavy atom. The highest BCUT2D eigenvalue weighted by Crippen LogP contribution is 2.30. The lowest BCUT2D eigenvalue weighted by Gasteiger charge is -2.36. The number of nitro benzene ring substituents is 1. The smallest absolute Gasteiger partial charge is 0.270 e. The van der Waals surface area contributed by atoms with Gasteiger partial charge in [-0.05, 0) is 31.4 Å². The number of rotatable bonds is 4. The van der Waals surface area contributed by atoms with Gasteiger partial charge in [-0.15, -0.1) is 11.6 Å². The number of nitrogens with one attached hydrogen (secondary N) is 1. The van der Waals surface area contributed by atoms with Gasteiger partial charge < -0.3 is 5.32 Å². The van der Waals surface area contributed by atoms with E-state index < -0.39 is 4.92 Å². The average molecular weight is 311 g/mol. The number of nitrogens with zero attached hydrogens (tertiary/aromatic N) is 1. The highest BCUT2D eigenvalue weighted by atomic mass is 35.5. The fourth-order valence-electron chi connectivity index (χ4n) is 2.83. The van der Waals surface area contributed by atoms with E-state index in [1.165, 1.54) is 12.1 Å². The predicted molar refractivity (Wildman–Crippen MR) is 81.8 cm³/mol. The lowest BCUT2D eigenvalue weighted by Crippen LogP contribution is -2.51. The number of nitro groups is 1. The lowest BCUT2D eigenvalue weighted by molar-refractivity contribution is -0.384. The Balaban J connectivity index is 2.21. The Morgan fingerprint density at radius 1 is 1.33 bits per heavy atom. The summed E-state index contributed by atoms with van der Waals surface area (Å²) in [5.74, 6) is 0.0801. The molecule has 114 valence electrons. The normalized spacial score (nSPS) is 17.2. The molecule has 1 aliphatic rings. The first kappa shape index (κ1) is 15.8. The van der Waals surface area contributed by atoms with E-state index in [0.29, 0.717) is 17.0 Å². The number of carbonyl (C=O) groups excluding carboxylic acids is 1. The molecule has 0 bridgehead atoms. The van der Waals surface area contributed by atoms with E-state index >= 15 is 0 Å². The molecule has 1 N–H and O–H groups in total. The Morgan fingerprint density at radius 3 is 2.57 bits per heavy atom. The molecule has 0 spiro atoms. The number of aryl methyl sites for hydroxylation is 1. The molecule has 1 aliphatic carbocycles. The first-order valence-corrected chi connectivity index (χ1v) is 7.64. The van der Waals surface area contributed by atoms with Crippen molar-refractivity contribution >= 4 is 23.2 Å². The van der Waals surface area contributed by atoms with Crippen LogP contribution in [0.25, 0.3) is 0 Å². The third-order valence-corrected chi connectivity index (χ3v) is 4.49. The quantitative estimate of drug-likeness (QED) is 0.525. The molecule has 1 fully saturated rings. The van der Waals surface area contributed by atoms with Crippen molar-refractivity contribution < 1.29 is 9.72 Å². The van der Waals surface area contributed by atoms with E-state index in [2.05, 4.69) is 5.32 Å². The molecule has 0 saturated heterocycles. The van der Waals surface area contributed by atoms with Gasteiger partial charge in [-0.1, -0.05) is 19.3 Å². The van der Waals surface area contributed by atoms with E-state index in [1.54, 1.807) is 13.0 Å². The number of hydrogen-bond donors (Lipinski definition) is 1. The van der Waals surface area contributed by atoms with Crippen LogP contribution in [-0.2, 0) is 0 Å². The number of carbonyl (C=O) groups is 1. The van der Waals surface area contributed by atoms with E-state index in [1.807, 2.05) is 0 Å². The second-order valence-electron chi connectivity index (χ2n) is 5.74. The minimum atomic E-state index is -0.484. The van der Waals surface area contributed by atoms with Gasteiger partial charge in [0, 0.05) is 23.6 Å². The SMILES string of the molecule is Cc1cc(C(=O)NC2(CCl)CCCCC2)cc([N+](=O)[O-])c1. The zero-order valence-electron chi connectivity index (χ0n) is 12.0. The first-order chi connectivity index (χ1) is 9.96. The fourth-order valence-corrected chi connectivity index (χ4v) is 3.17. The molecule has 1 aromatic carbocycles. The van der Waals surface area contributed by atoms with Crippen LogP contribution in [0.5, 0.6) is 0 Å². The number of non-ortho nitro benzene ring substituents is 1. The standard InChI is InChI=1S/C15H19ClN2O3/c1-11-7-12(9-13(8-11)18(20)21)14(19)17-15(10-16)5-3-2-4-6-15/h7-9H,2-6,10H2,1H3,(H,17,19). The van der Waals surface area contributed by atoms with Crippen LogP contribution in [0.15, 0.2) is 18.2 Å². The summed E-state index contributed by atoms with van der Waals surface area (Å²) in [6.45, 7) is 1.74. The summed E-state index contributed by atoms with van der Waals surface area (Å²) in [6.07, 6.45) is 4.96. The largest absolute Gasteiger partial charge is 0.345 e. The van der Waals surface area contributed by atoms with Gasteiger partial charge in [-0.2, -0.15) is 0 Å². The van der Waals surface area contributed by atoms with Gasteiger partial charge in [0.25, 0.3) is 11.6 Å². The molecule has 0 unspecified atom stereocenters. The van der Waals surface area contributed by atoms with Crippen molar-refractivity contribution in [3.63, 3.8) is 0 Å². The zero-order chi connectivity index (χ0) is 15.5. The molecular weight excluding hydrogens is 292 g/mol. The number of alkyl halides is 1. The van der Waals surface area contributed by atoms with E-state index in [4.69, 9.17) is 11.6 Å². The van der Waals surface area contributed by atoms with Gasteiger partial charge >= 0.3 is 0 Å². The molecule has 0 radical (unpaired) electrons. The van der Waals surface area contributed by atoms with Gasteiger partial charge in [-0.25, -0.2) is 0 Å². The molecule has 0 aromatic heterocycles. The highest BCUT2D eigenvalue weighted by molar-refractivity contribution is 6.19. The van der Waals surface area contributed by atoms with Crippen LogP contribution >= 0.6 is 11.6 Å². The Hall–Kier alpha value is -1.62. The Bertz CT molecular complexity index is 554. The summed E-state index contributed by atoms with van der Waals surface area (Å²) in [4.78, 5) is 22.8. The van der Waals surface area contributed by atoms with E-state index in [-0.39, 0.29) is 17.1 Å². The van der Waals surface area contributed by atoms with Gasteiger partial charge in [0.05, 0.1) is 10.5 Å². The summed E-state index contributed by atoms with van der Waals surface area (Å²) in [5, 5.41) is 13.9. The maximum absolute atomic E-state index is 12.4. The molecule has 1 saturated carbocycles. The Labute approximate surface area is 128 Å². The third kappa shape index (κ3) is 3.73. The number of amides is 1. The molecule has 6 heteroatoms. The van der Waals surface area contributed by atoms with Gasteiger partial charge in [0.15, 0.2) is 0 Å². The average Bonchev–Trinajstić information content (AvgIpc) is 2.47. The molecule has 0 heterocycles. The topological polar surface area (TPSA) is 72.2 Å². The van der Waals surface area contributed by atoms with Crippen molar-refractivity contribution in [3.05, 3.63) is 39.4 Å². The summed E-state index contributed by atoms with van der Waals surface area (Å²) < 4.78 is 0. The molecule has 2 rings (SSSR count). The van der Waals surface area contributed by atoms with Gasteiger partial charge in [0.1, 0.15) is 0 Å². The number of benzene rings is 1. The lowest BCUT2D eigenvalue weighted by atomic mass is 9.83. The van der Waals surface area contributed by atoms with Crippen molar-refractivity contribution in [2.75, 3.05) is 5.88 Å². The van der Waals surface area contributed by atoms with Crippen LogP contribution in [0.4, 0.5) is 5.69 Å². The molecule has 0 atom stereocenters. The highest BCUT2D eigenvalue weighted by Gasteiger charge is 2.33. The van der Waals surface area contributed by atoms with Crippen LogP contribution < -0.4 is 5.32 Å². The molecule has 21 heavy (non-hydrogen) atoms. The van der Waals surface area contributed by atoms with Crippen molar-refractivity contribution in [2.24, 2.45) is 0 Å². The van der Waals surface area contributed by atoms with Crippen molar-refractivity contribution in [2.45, 2.75) is 44.6 Å². The van der Waals surface area contributed by atoms with Crippen molar-refractivity contribution in [3.8, 4) is 0 Å².